The van der Waals surface area contributed by atoms with Crippen molar-refractivity contribution in [3.8, 4) is 11.1 Å². The molecule has 1 atom stereocenters. The maximum absolute atomic E-state index is 5.84. The topological polar surface area (TPSA) is 26.0 Å². The van der Waals surface area contributed by atoms with E-state index in [1.165, 1.54) is 33.4 Å². The summed E-state index contributed by atoms with van der Waals surface area (Å²) in [4.78, 5) is 0. The molecule has 0 aromatic heterocycles. The van der Waals surface area contributed by atoms with Gasteiger partial charge in [-0.25, -0.2) is 0 Å². The zero-order valence-electron chi connectivity index (χ0n) is 12.3. The van der Waals surface area contributed by atoms with E-state index >= 15 is 0 Å². The molecule has 0 spiro atoms. The summed E-state index contributed by atoms with van der Waals surface area (Å²) >= 11 is 0. The lowest BCUT2D eigenvalue weighted by atomic mass is 9.93. The molecule has 2 aromatic rings. The molecule has 0 heterocycles. The van der Waals surface area contributed by atoms with Crippen LogP contribution in [0.5, 0.6) is 0 Å². The van der Waals surface area contributed by atoms with Gasteiger partial charge in [-0.15, -0.1) is 0 Å². The van der Waals surface area contributed by atoms with Crippen molar-refractivity contribution in [1.29, 1.82) is 0 Å². The van der Waals surface area contributed by atoms with Gasteiger partial charge in [0, 0.05) is 6.04 Å². The van der Waals surface area contributed by atoms with E-state index in [2.05, 4.69) is 57.2 Å². The Hall–Kier alpha value is -1.60. The highest BCUT2D eigenvalue weighted by atomic mass is 14.6. The molecule has 0 amide bonds. The van der Waals surface area contributed by atoms with Crippen molar-refractivity contribution in [2.45, 2.75) is 40.2 Å². The standard InChI is InChI=1S/C18H23N/c1-12-9-13(2)18(14(3)10-12)17-7-5-16(6-8-17)11-15(4)19/h5-10,15H,11,19H2,1-4H3. The second-order valence-electron chi connectivity index (χ2n) is 5.65. The molecule has 0 saturated heterocycles. The molecule has 100 valence electrons. The van der Waals surface area contributed by atoms with Crippen molar-refractivity contribution >= 4 is 0 Å². The summed E-state index contributed by atoms with van der Waals surface area (Å²) in [6.07, 6.45) is 0.937. The molecule has 1 unspecified atom stereocenters. The first-order chi connectivity index (χ1) is 8.97. The van der Waals surface area contributed by atoms with E-state index < -0.39 is 0 Å². The molecule has 0 saturated carbocycles. The van der Waals surface area contributed by atoms with Crippen LogP contribution < -0.4 is 5.73 Å². The minimum atomic E-state index is 0.216. The summed E-state index contributed by atoms with van der Waals surface area (Å²) in [5.41, 5.74) is 13.8. The first-order valence-electron chi connectivity index (χ1n) is 6.90. The summed E-state index contributed by atoms with van der Waals surface area (Å²) in [5, 5.41) is 0. The minimum Gasteiger partial charge on any atom is -0.328 e. The highest BCUT2D eigenvalue weighted by Crippen LogP contribution is 2.28. The van der Waals surface area contributed by atoms with Crippen LogP contribution in [-0.2, 0) is 6.42 Å². The quantitative estimate of drug-likeness (QED) is 0.873. The Bertz CT molecular complexity index is 542. The average Bonchev–Trinajstić information content (AvgIpc) is 2.29. The first-order valence-corrected chi connectivity index (χ1v) is 6.90. The minimum absolute atomic E-state index is 0.216. The molecule has 0 aliphatic rings. The molecule has 0 fully saturated rings. The van der Waals surface area contributed by atoms with Gasteiger partial charge < -0.3 is 5.73 Å². The Kier molecular flexibility index (Phi) is 4.06. The maximum Gasteiger partial charge on any atom is 0.00509 e. The Labute approximate surface area is 116 Å². The normalized spacial score (nSPS) is 12.5. The largest absolute Gasteiger partial charge is 0.328 e. The lowest BCUT2D eigenvalue weighted by Crippen LogP contribution is -2.17. The van der Waals surface area contributed by atoms with Crippen LogP contribution in [0, 0.1) is 20.8 Å². The van der Waals surface area contributed by atoms with Crippen molar-refractivity contribution in [3.63, 3.8) is 0 Å². The van der Waals surface area contributed by atoms with Crippen LogP contribution in [0.2, 0.25) is 0 Å². The Morgan fingerprint density at radius 3 is 1.95 bits per heavy atom. The molecule has 19 heavy (non-hydrogen) atoms. The first kappa shape index (κ1) is 13.8. The van der Waals surface area contributed by atoms with Crippen LogP contribution >= 0.6 is 0 Å². The highest BCUT2D eigenvalue weighted by Gasteiger charge is 2.07. The molecule has 0 aliphatic heterocycles. The van der Waals surface area contributed by atoms with Crippen LogP contribution in [0.3, 0.4) is 0 Å². The van der Waals surface area contributed by atoms with E-state index in [4.69, 9.17) is 5.73 Å². The van der Waals surface area contributed by atoms with Crippen LogP contribution in [0.15, 0.2) is 36.4 Å². The van der Waals surface area contributed by atoms with Gasteiger partial charge in [-0.05, 0) is 61.9 Å². The number of aryl methyl sites for hydroxylation is 3. The summed E-state index contributed by atoms with van der Waals surface area (Å²) < 4.78 is 0. The highest BCUT2D eigenvalue weighted by molar-refractivity contribution is 5.71. The van der Waals surface area contributed by atoms with Crippen LogP contribution in [0.25, 0.3) is 11.1 Å². The zero-order valence-corrected chi connectivity index (χ0v) is 12.3. The molecule has 1 nitrogen and oxygen atoms in total. The molecule has 0 bridgehead atoms. The van der Waals surface area contributed by atoms with Gasteiger partial charge in [-0.2, -0.15) is 0 Å². The van der Waals surface area contributed by atoms with Crippen LogP contribution in [-0.4, -0.2) is 6.04 Å². The third kappa shape index (κ3) is 3.24. The van der Waals surface area contributed by atoms with Crippen molar-refractivity contribution in [3.05, 3.63) is 58.7 Å². The molecule has 2 N–H and O–H groups in total. The number of hydrogen-bond acceptors (Lipinski definition) is 1. The van der Waals surface area contributed by atoms with Crippen molar-refractivity contribution < 1.29 is 0 Å². The number of rotatable bonds is 3. The Balaban J connectivity index is 2.37. The summed E-state index contributed by atoms with van der Waals surface area (Å²) in [6.45, 7) is 8.56. The molecule has 2 rings (SSSR count). The van der Waals surface area contributed by atoms with Crippen molar-refractivity contribution in [2.24, 2.45) is 5.73 Å². The monoisotopic (exact) mass is 253 g/mol. The second-order valence-corrected chi connectivity index (χ2v) is 5.65. The number of nitrogens with two attached hydrogens (primary N) is 1. The average molecular weight is 253 g/mol. The predicted molar refractivity (Wildman–Crippen MR) is 83.4 cm³/mol. The molecular formula is C18H23N. The zero-order chi connectivity index (χ0) is 14.0. The van der Waals surface area contributed by atoms with E-state index in [9.17, 15) is 0 Å². The molecule has 0 aliphatic carbocycles. The van der Waals surface area contributed by atoms with E-state index in [1.54, 1.807) is 0 Å². The van der Waals surface area contributed by atoms with Gasteiger partial charge in [0.2, 0.25) is 0 Å². The Morgan fingerprint density at radius 2 is 1.47 bits per heavy atom. The SMILES string of the molecule is Cc1cc(C)c(-c2ccc(CC(C)N)cc2)c(C)c1. The lowest BCUT2D eigenvalue weighted by Gasteiger charge is -2.13. The van der Waals surface area contributed by atoms with E-state index in [1.807, 2.05) is 6.92 Å². The Morgan fingerprint density at radius 1 is 0.947 bits per heavy atom. The van der Waals surface area contributed by atoms with E-state index in [0.717, 1.165) is 6.42 Å². The second kappa shape index (κ2) is 5.58. The third-order valence-electron chi connectivity index (χ3n) is 3.48. The molecule has 2 aromatic carbocycles. The van der Waals surface area contributed by atoms with Crippen LogP contribution in [0.1, 0.15) is 29.2 Å². The molecular weight excluding hydrogens is 230 g/mol. The van der Waals surface area contributed by atoms with Crippen molar-refractivity contribution in [2.75, 3.05) is 0 Å². The summed E-state index contributed by atoms with van der Waals surface area (Å²) in [5.74, 6) is 0. The predicted octanol–water partition coefficient (Wildman–Crippen LogP) is 4.17. The number of benzene rings is 2. The van der Waals surface area contributed by atoms with Gasteiger partial charge in [-0.1, -0.05) is 42.0 Å². The van der Waals surface area contributed by atoms with Gasteiger partial charge in [0.15, 0.2) is 0 Å². The lowest BCUT2D eigenvalue weighted by molar-refractivity contribution is 0.738. The van der Waals surface area contributed by atoms with Gasteiger partial charge in [0.05, 0.1) is 0 Å². The van der Waals surface area contributed by atoms with Gasteiger partial charge in [0.1, 0.15) is 0 Å². The smallest absolute Gasteiger partial charge is 0.00509 e. The van der Waals surface area contributed by atoms with Crippen LogP contribution in [0.4, 0.5) is 0 Å². The summed E-state index contributed by atoms with van der Waals surface area (Å²) in [6, 6.07) is 13.5. The van der Waals surface area contributed by atoms with Gasteiger partial charge in [0.25, 0.3) is 0 Å². The van der Waals surface area contributed by atoms with E-state index in [-0.39, 0.29) is 6.04 Å². The van der Waals surface area contributed by atoms with Gasteiger partial charge >= 0.3 is 0 Å². The maximum atomic E-state index is 5.84. The number of hydrogen-bond donors (Lipinski definition) is 1. The fourth-order valence-electron chi connectivity index (χ4n) is 2.81. The van der Waals surface area contributed by atoms with E-state index in [0.29, 0.717) is 0 Å². The molecule has 0 radical (unpaired) electrons. The molecule has 1 heteroatoms. The van der Waals surface area contributed by atoms with Crippen molar-refractivity contribution in [1.82, 2.24) is 0 Å². The third-order valence-corrected chi connectivity index (χ3v) is 3.48. The van der Waals surface area contributed by atoms with Gasteiger partial charge in [-0.3, -0.25) is 0 Å². The fourth-order valence-corrected chi connectivity index (χ4v) is 2.81. The summed E-state index contributed by atoms with van der Waals surface area (Å²) in [7, 11) is 0. The fraction of sp³-hybridized carbons (Fsp3) is 0.333.